The Balaban J connectivity index is 2.14. The molecule has 18 heavy (non-hydrogen) atoms. The smallest absolute Gasteiger partial charge is 0.411 e. The van der Waals surface area contributed by atoms with Crippen LogP contribution in [0.3, 0.4) is 0 Å². The summed E-state index contributed by atoms with van der Waals surface area (Å²) in [5, 5.41) is 0. The standard InChI is InChI=1S/C13H21NO3S/c1-12(2,3)17-11(16)14-9-10(15)8-13(14)4-6-18-7-5-13/h4-9H2,1-3H3. The molecule has 0 unspecified atom stereocenters. The van der Waals surface area contributed by atoms with Crippen LogP contribution >= 0.6 is 11.8 Å². The van der Waals surface area contributed by atoms with E-state index in [1.165, 1.54) is 0 Å². The molecule has 1 spiro atoms. The number of thioether (sulfide) groups is 1. The van der Waals surface area contributed by atoms with Crippen LogP contribution in [0.4, 0.5) is 4.79 Å². The molecule has 0 N–H and O–H groups in total. The molecule has 0 aromatic carbocycles. The van der Waals surface area contributed by atoms with Crippen LogP contribution in [0, 0.1) is 0 Å². The molecule has 0 aliphatic carbocycles. The Hall–Kier alpha value is -0.710. The first kappa shape index (κ1) is 13.7. The number of nitrogens with zero attached hydrogens (tertiary/aromatic N) is 1. The lowest BCUT2D eigenvalue weighted by Gasteiger charge is -2.40. The molecule has 5 heteroatoms. The van der Waals surface area contributed by atoms with Gasteiger partial charge in [-0.2, -0.15) is 11.8 Å². The third-order valence-corrected chi connectivity index (χ3v) is 4.46. The molecule has 0 radical (unpaired) electrons. The first-order valence-corrected chi connectivity index (χ1v) is 7.58. The number of hydrogen-bond acceptors (Lipinski definition) is 4. The summed E-state index contributed by atoms with van der Waals surface area (Å²) in [6.07, 6.45) is 1.98. The van der Waals surface area contributed by atoms with E-state index < -0.39 is 5.60 Å². The molecule has 2 rings (SSSR count). The summed E-state index contributed by atoms with van der Waals surface area (Å²) in [6, 6.07) is 0. The third kappa shape index (κ3) is 2.82. The molecule has 0 saturated carbocycles. The quantitative estimate of drug-likeness (QED) is 0.679. The SMILES string of the molecule is CC(C)(C)OC(=O)N1CC(=O)CC12CCSCC2. The fourth-order valence-corrected chi connectivity index (χ4v) is 3.89. The number of likely N-dealkylation sites (tertiary alicyclic amines) is 1. The molecule has 2 aliphatic rings. The number of ketones is 1. The van der Waals surface area contributed by atoms with Crippen LogP contribution in [-0.4, -0.2) is 46.0 Å². The average molecular weight is 271 g/mol. The van der Waals surface area contributed by atoms with E-state index in [-0.39, 0.29) is 24.0 Å². The normalized spacial score (nSPS) is 23.5. The number of ether oxygens (including phenoxy) is 1. The van der Waals surface area contributed by atoms with Crippen LogP contribution in [-0.2, 0) is 9.53 Å². The first-order valence-electron chi connectivity index (χ1n) is 6.43. The van der Waals surface area contributed by atoms with Crippen LogP contribution in [0.25, 0.3) is 0 Å². The van der Waals surface area contributed by atoms with Crippen molar-refractivity contribution in [1.29, 1.82) is 0 Å². The van der Waals surface area contributed by atoms with Crippen molar-refractivity contribution in [1.82, 2.24) is 4.90 Å². The van der Waals surface area contributed by atoms with Gasteiger partial charge in [0, 0.05) is 6.42 Å². The fourth-order valence-electron chi connectivity index (χ4n) is 2.64. The summed E-state index contributed by atoms with van der Waals surface area (Å²) >= 11 is 1.89. The van der Waals surface area contributed by atoms with Crippen molar-refractivity contribution in [2.24, 2.45) is 0 Å². The zero-order chi connectivity index (χ0) is 13.4. The van der Waals surface area contributed by atoms with Gasteiger partial charge in [0.2, 0.25) is 0 Å². The Bertz CT molecular complexity index is 356. The summed E-state index contributed by atoms with van der Waals surface area (Å²) < 4.78 is 5.43. The maximum atomic E-state index is 12.2. The van der Waals surface area contributed by atoms with Crippen LogP contribution in [0.5, 0.6) is 0 Å². The summed E-state index contributed by atoms with van der Waals surface area (Å²) in [5.41, 5.74) is -0.766. The molecular weight excluding hydrogens is 250 g/mol. The van der Waals surface area contributed by atoms with Gasteiger partial charge < -0.3 is 4.74 Å². The van der Waals surface area contributed by atoms with Gasteiger partial charge in [-0.25, -0.2) is 4.79 Å². The predicted octanol–water partition coefficient (Wildman–Crippen LogP) is 2.46. The molecule has 1 amide bonds. The van der Waals surface area contributed by atoms with Gasteiger partial charge in [-0.05, 0) is 45.1 Å². The van der Waals surface area contributed by atoms with E-state index >= 15 is 0 Å². The van der Waals surface area contributed by atoms with Gasteiger partial charge in [-0.15, -0.1) is 0 Å². The molecular formula is C13H21NO3S. The number of hydrogen-bond donors (Lipinski definition) is 0. The second kappa shape index (κ2) is 4.76. The van der Waals surface area contributed by atoms with Gasteiger partial charge in [-0.3, -0.25) is 9.69 Å². The molecule has 2 saturated heterocycles. The van der Waals surface area contributed by atoms with Gasteiger partial charge in [0.15, 0.2) is 5.78 Å². The highest BCUT2D eigenvalue weighted by atomic mass is 32.2. The predicted molar refractivity (Wildman–Crippen MR) is 71.9 cm³/mol. The zero-order valence-corrected chi connectivity index (χ0v) is 12.1. The van der Waals surface area contributed by atoms with E-state index in [1.807, 2.05) is 32.5 Å². The van der Waals surface area contributed by atoms with Gasteiger partial charge in [0.25, 0.3) is 0 Å². The summed E-state index contributed by atoms with van der Waals surface area (Å²) in [4.78, 5) is 25.6. The van der Waals surface area contributed by atoms with E-state index in [9.17, 15) is 9.59 Å². The van der Waals surface area contributed by atoms with Crippen LogP contribution < -0.4 is 0 Å². The number of carbonyl (C=O) groups is 2. The number of rotatable bonds is 0. The summed E-state index contributed by atoms with van der Waals surface area (Å²) in [5.74, 6) is 2.20. The van der Waals surface area contributed by atoms with Crippen molar-refractivity contribution < 1.29 is 14.3 Å². The number of amides is 1. The van der Waals surface area contributed by atoms with E-state index in [0.717, 1.165) is 24.3 Å². The zero-order valence-electron chi connectivity index (χ0n) is 11.3. The van der Waals surface area contributed by atoms with E-state index in [4.69, 9.17) is 4.74 Å². The topological polar surface area (TPSA) is 46.6 Å². The maximum absolute atomic E-state index is 12.2. The second-order valence-electron chi connectivity index (χ2n) is 6.12. The highest BCUT2D eigenvalue weighted by Crippen LogP contribution is 2.40. The van der Waals surface area contributed by atoms with Crippen molar-refractivity contribution in [3.05, 3.63) is 0 Å². The van der Waals surface area contributed by atoms with E-state index in [0.29, 0.717) is 6.42 Å². The van der Waals surface area contributed by atoms with Gasteiger partial charge in [-0.1, -0.05) is 0 Å². The summed E-state index contributed by atoms with van der Waals surface area (Å²) in [7, 11) is 0. The number of carbonyl (C=O) groups excluding carboxylic acids is 2. The minimum absolute atomic E-state index is 0.160. The van der Waals surface area contributed by atoms with Crippen molar-refractivity contribution >= 4 is 23.6 Å². The molecule has 0 bridgehead atoms. The Morgan fingerprint density at radius 1 is 1.33 bits per heavy atom. The van der Waals surface area contributed by atoms with Crippen molar-refractivity contribution in [2.75, 3.05) is 18.1 Å². The van der Waals surface area contributed by atoms with Crippen molar-refractivity contribution in [2.45, 2.75) is 51.2 Å². The minimum atomic E-state index is -0.507. The minimum Gasteiger partial charge on any atom is -0.444 e. The Morgan fingerprint density at radius 2 is 1.94 bits per heavy atom. The highest BCUT2D eigenvalue weighted by molar-refractivity contribution is 7.99. The third-order valence-electron chi connectivity index (χ3n) is 3.47. The molecule has 2 aliphatic heterocycles. The maximum Gasteiger partial charge on any atom is 0.411 e. The van der Waals surface area contributed by atoms with Gasteiger partial charge >= 0.3 is 6.09 Å². The number of Topliss-reactive ketones (excluding diaryl/α,β-unsaturated/α-hetero) is 1. The summed E-state index contributed by atoms with van der Waals surface area (Å²) in [6.45, 7) is 5.78. The Labute approximate surface area is 112 Å². The molecule has 0 aromatic rings. The lowest BCUT2D eigenvalue weighted by Crippen LogP contribution is -2.51. The van der Waals surface area contributed by atoms with Gasteiger partial charge in [0.05, 0.1) is 12.1 Å². The lowest BCUT2D eigenvalue weighted by atomic mass is 9.89. The van der Waals surface area contributed by atoms with Crippen molar-refractivity contribution in [3.63, 3.8) is 0 Å². The monoisotopic (exact) mass is 271 g/mol. The highest BCUT2D eigenvalue weighted by Gasteiger charge is 2.49. The van der Waals surface area contributed by atoms with Gasteiger partial charge in [0.1, 0.15) is 5.60 Å². The Kier molecular flexibility index (Phi) is 3.63. The molecule has 102 valence electrons. The van der Waals surface area contributed by atoms with E-state index in [2.05, 4.69) is 0 Å². The fraction of sp³-hybridized carbons (Fsp3) is 0.846. The molecule has 4 nitrogen and oxygen atoms in total. The lowest BCUT2D eigenvalue weighted by molar-refractivity contribution is -0.117. The largest absolute Gasteiger partial charge is 0.444 e. The van der Waals surface area contributed by atoms with Crippen LogP contribution in [0.1, 0.15) is 40.0 Å². The van der Waals surface area contributed by atoms with Crippen molar-refractivity contribution in [3.8, 4) is 0 Å². The van der Waals surface area contributed by atoms with Crippen LogP contribution in [0.15, 0.2) is 0 Å². The average Bonchev–Trinajstić information content (AvgIpc) is 2.54. The van der Waals surface area contributed by atoms with Crippen LogP contribution in [0.2, 0.25) is 0 Å². The molecule has 0 atom stereocenters. The van der Waals surface area contributed by atoms with E-state index in [1.54, 1.807) is 4.90 Å². The first-order chi connectivity index (χ1) is 8.32. The molecule has 2 fully saturated rings. The molecule has 2 heterocycles. The Morgan fingerprint density at radius 3 is 2.50 bits per heavy atom. The second-order valence-corrected chi connectivity index (χ2v) is 7.34. The molecule has 0 aromatic heterocycles.